The van der Waals surface area contributed by atoms with Crippen molar-refractivity contribution in [3.05, 3.63) is 22.3 Å². The molecule has 0 radical (unpaired) electrons. The highest BCUT2D eigenvalue weighted by molar-refractivity contribution is 9.12. The second-order valence-corrected chi connectivity index (χ2v) is 2.60. The second-order valence-electron chi connectivity index (χ2n) is 1.29. The monoisotopic (exact) mass is 207 g/mol. The zero-order valence-corrected chi connectivity index (χ0v) is 7.41. The summed E-state index contributed by atoms with van der Waals surface area (Å²) < 4.78 is 0.710. The first-order valence-corrected chi connectivity index (χ1v) is 3.53. The third-order valence-corrected chi connectivity index (χ3v) is 1.71. The van der Waals surface area contributed by atoms with E-state index < -0.39 is 0 Å². The lowest BCUT2D eigenvalue weighted by atomic mass is 10.6. The minimum Gasteiger partial charge on any atom is -0.268 e. The Morgan fingerprint density at radius 2 is 2.33 bits per heavy atom. The molecule has 0 heterocycles. The van der Waals surface area contributed by atoms with Crippen molar-refractivity contribution in [2.45, 2.75) is 6.92 Å². The van der Waals surface area contributed by atoms with Crippen molar-refractivity contribution in [2.75, 3.05) is 0 Å². The van der Waals surface area contributed by atoms with Crippen LogP contribution in [-0.2, 0) is 0 Å². The highest BCUT2D eigenvalue weighted by Crippen LogP contribution is 2.17. The zero-order valence-electron chi connectivity index (χ0n) is 5.06. The number of hydrogen-bond acceptors (Lipinski definition) is 1. The highest BCUT2D eigenvalue weighted by atomic mass is 79.9. The molecule has 9 heavy (non-hydrogen) atoms. The molecule has 0 aliphatic heterocycles. The lowest BCUT2D eigenvalue weighted by molar-refractivity contribution is 1.56. The minimum absolute atomic E-state index is 0.459. The van der Waals surface area contributed by atoms with Gasteiger partial charge in [0.1, 0.15) is 0 Å². The fourth-order valence-electron chi connectivity index (χ4n) is 0.210. The molecule has 50 valence electrons. The molecule has 0 amide bonds. The van der Waals surface area contributed by atoms with Crippen LogP contribution in [0.3, 0.4) is 0 Å². The standard InChI is InChI=1S/C6H7BrClN/c1-3-9-4-6(7)5(2)8/h3-4H,2H2,1H3/b6-4+,9-3-. The Labute approximate surface area is 68.3 Å². The Bertz CT molecular complexity index is 160. The van der Waals surface area contributed by atoms with E-state index >= 15 is 0 Å². The fraction of sp³-hybridized carbons (Fsp3) is 0.167. The van der Waals surface area contributed by atoms with E-state index in [1.165, 1.54) is 0 Å². The van der Waals surface area contributed by atoms with Crippen LogP contribution in [0.15, 0.2) is 27.3 Å². The highest BCUT2D eigenvalue weighted by Gasteiger charge is 1.89. The van der Waals surface area contributed by atoms with Crippen LogP contribution >= 0.6 is 27.5 Å². The van der Waals surface area contributed by atoms with Crippen molar-refractivity contribution in [1.29, 1.82) is 0 Å². The summed E-state index contributed by atoms with van der Waals surface area (Å²) in [6.07, 6.45) is 3.26. The first kappa shape index (κ1) is 8.92. The van der Waals surface area contributed by atoms with Crippen LogP contribution in [0, 0.1) is 0 Å². The predicted octanol–water partition coefficient (Wildman–Crippen LogP) is 3.07. The average molecular weight is 208 g/mol. The van der Waals surface area contributed by atoms with Crippen LogP contribution in [0.1, 0.15) is 6.92 Å². The quantitative estimate of drug-likeness (QED) is 0.488. The van der Waals surface area contributed by atoms with E-state index in [2.05, 4.69) is 27.5 Å². The molecule has 0 atom stereocenters. The number of allylic oxidation sites excluding steroid dienone is 2. The topological polar surface area (TPSA) is 12.4 Å². The van der Waals surface area contributed by atoms with Gasteiger partial charge in [-0.05, 0) is 22.9 Å². The van der Waals surface area contributed by atoms with Gasteiger partial charge < -0.3 is 0 Å². The maximum atomic E-state index is 5.48. The number of nitrogens with zero attached hydrogens (tertiary/aromatic N) is 1. The van der Waals surface area contributed by atoms with Gasteiger partial charge in [0.25, 0.3) is 0 Å². The van der Waals surface area contributed by atoms with Crippen molar-refractivity contribution >= 4 is 33.7 Å². The van der Waals surface area contributed by atoms with Gasteiger partial charge in [-0.1, -0.05) is 18.2 Å². The van der Waals surface area contributed by atoms with Crippen LogP contribution < -0.4 is 0 Å². The van der Waals surface area contributed by atoms with Crippen LogP contribution in [0.5, 0.6) is 0 Å². The van der Waals surface area contributed by atoms with Gasteiger partial charge in [0, 0.05) is 17.4 Å². The lowest BCUT2D eigenvalue weighted by Gasteiger charge is -1.87. The molecule has 1 nitrogen and oxygen atoms in total. The molecule has 0 rings (SSSR count). The van der Waals surface area contributed by atoms with E-state index in [4.69, 9.17) is 11.6 Å². The Kier molecular flexibility index (Phi) is 4.72. The molecule has 0 bridgehead atoms. The van der Waals surface area contributed by atoms with E-state index in [0.29, 0.717) is 9.51 Å². The maximum absolute atomic E-state index is 5.48. The van der Waals surface area contributed by atoms with Gasteiger partial charge in [0.15, 0.2) is 0 Å². The van der Waals surface area contributed by atoms with E-state index in [0.717, 1.165) is 0 Å². The summed E-state index contributed by atoms with van der Waals surface area (Å²) in [5, 5.41) is 0.459. The fourth-order valence-corrected chi connectivity index (χ4v) is 0.377. The first-order chi connectivity index (χ1) is 4.18. The Balaban J connectivity index is 4.00. The van der Waals surface area contributed by atoms with Crippen molar-refractivity contribution in [3.63, 3.8) is 0 Å². The van der Waals surface area contributed by atoms with Gasteiger partial charge in [0.2, 0.25) is 0 Å². The van der Waals surface area contributed by atoms with E-state index in [1.54, 1.807) is 12.4 Å². The smallest absolute Gasteiger partial charge is 0.0538 e. The molecule has 0 spiro atoms. The van der Waals surface area contributed by atoms with Gasteiger partial charge in [-0.2, -0.15) is 0 Å². The molecular formula is C6H7BrClN. The van der Waals surface area contributed by atoms with Crippen LogP contribution in [0.25, 0.3) is 0 Å². The summed E-state index contributed by atoms with van der Waals surface area (Å²) in [7, 11) is 0. The molecule has 0 saturated carbocycles. The van der Waals surface area contributed by atoms with Gasteiger partial charge in [-0.15, -0.1) is 0 Å². The Hall–Kier alpha value is -0.0800. The number of hydrogen-bond donors (Lipinski definition) is 0. The normalized spacial score (nSPS) is 12.6. The molecule has 0 aromatic heterocycles. The average Bonchev–Trinajstić information content (AvgIpc) is 1.82. The summed E-state index contributed by atoms with van der Waals surface area (Å²) in [5.41, 5.74) is 0. The van der Waals surface area contributed by atoms with Gasteiger partial charge in [-0.3, -0.25) is 4.99 Å². The molecule has 0 aliphatic rings. The third-order valence-electron chi connectivity index (χ3n) is 0.596. The summed E-state index contributed by atoms with van der Waals surface area (Å²) in [5.74, 6) is 0. The van der Waals surface area contributed by atoms with Gasteiger partial charge >= 0.3 is 0 Å². The third kappa shape index (κ3) is 4.43. The molecule has 0 aromatic rings. The number of aliphatic imine (C=N–C) groups is 1. The molecular weight excluding hydrogens is 201 g/mol. The Morgan fingerprint density at radius 3 is 2.67 bits per heavy atom. The molecule has 0 saturated heterocycles. The summed E-state index contributed by atoms with van der Waals surface area (Å²) in [6.45, 7) is 5.31. The predicted molar refractivity (Wildman–Crippen MR) is 46.2 cm³/mol. The largest absolute Gasteiger partial charge is 0.268 e. The SMILES string of the molecule is C=C(Cl)/C(Br)=C\N=C/C. The molecule has 3 heteroatoms. The maximum Gasteiger partial charge on any atom is 0.0538 e. The second kappa shape index (κ2) is 4.77. The van der Waals surface area contributed by atoms with Gasteiger partial charge in [0.05, 0.1) is 4.48 Å². The molecule has 0 fully saturated rings. The van der Waals surface area contributed by atoms with Crippen molar-refractivity contribution in [1.82, 2.24) is 0 Å². The first-order valence-electron chi connectivity index (χ1n) is 2.36. The van der Waals surface area contributed by atoms with Crippen molar-refractivity contribution in [2.24, 2.45) is 4.99 Å². The molecule has 0 unspecified atom stereocenters. The lowest BCUT2D eigenvalue weighted by Crippen LogP contribution is -1.65. The summed E-state index contributed by atoms with van der Waals surface area (Å²) in [4.78, 5) is 3.81. The number of halogens is 2. The van der Waals surface area contributed by atoms with Crippen molar-refractivity contribution in [3.8, 4) is 0 Å². The summed E-state index contributed by atoms with van der Waals surface area (Å²) in [6, 6.07) is 0. The zero-order chi connectivity index (χ0) is 7.28. The van der Waals surface area contributed by atoms with E-state index in [-0.39, 0.29) is 0 Å². The minimum atomic E-state index is 0.459. The van der Waals surface area contributed by atoms with Crippen LogP contribution in [-0.4, -0.2) is 6.21 Å². The van der Waals surface area contributed by atoms with Crippen molar-refractivity contribution < 1.29 is 0 Å². The molecule has 0 N–H and O–H groups in total. The van der Waals surface area contributed by atoms with E-state index in [1.807, 2.05) is 6.92 Å². The van der Waals surface area contributed by atoms with Gasteiger partial charge in [-0.25, -0.2) is 0 Å². The molecule has 0 aromatic carbocycles. The molecule has 0 aliphatic carbocycles. The number of rotatable bonds is 2. The van der Waals surface area contributed by atoms with E-state index in [9.17, 15) is 0 Å². The summed E-state index contributed by atoms with van der Waals surface area (Å²) >= 11 is 8.64. The van der Waals surface area contributed by atoms with Crippen LogP contribution in [0.2, 0.25) is 0 Å². The Morgan fingerprint density at radius 1 is 1.78 bits per heavy atom. The van der Waals surface area contributed by atoms with Crippen LogP contribution in [0.4, 0.5) is 0 Å².